The molecule has 3 rings (SSSR count). The number of benzene rings is 2. The molecular weight excluding hydrogens is 314 g/mol. The van der Waals surface area contributed by atoms with Gasteiger partial charge in [-0.1, -0.05) is 35.9 Å². The molecule has 0 bridgehead atoms. The van der Waals surface area contributed by atoms with Crippen molar-refractivity contribution >= 4 is 11.5 Å². The van der Waals surface area contributed by atoms with E-state index < -0.39 is 0 Å². The molecule has 25 heavy (non-hydrogen) atoms. The standard InChI is InChI=1S/C21H23NO3/c1-14-4-6-15(7-5-14)16-8-17(10-19(23)9-16)22-18-11-20(24-2)13-21(12-18)25-3/h4-8,11-13,16,22H,9-10H2,1-3H3. The van der Waals surface area contributed by atoms with Crippen molar-refractivity contribution < 1.29 is 14.3 Å². The maximum atomic E-state index is 12.2. The van der Waals surface area contributed by atoms with Gasteiger partial charge in [0, 0.05) is 48.3 Å². The van der Waals surface area contributed by atoms with Crippen LogP contribution in [0.3, 0.4) is 0 Å². The highest BCUT2D eigenvalue weighted by atomic mass is 16.5. The summed E-state index contributed by atoms with van der Waals surface area (Å²) in [5.74, 6) is 1.77. The number of methoxy groups -OCH3 is 2. The fraction of sp³-hybridized carbons (Fsp3) is 0.286. The van der Waals surface area contributed by atoms with E-state index in [-0.39, 0.29) is 11.7 Å². The first kappa shape index (κ1) is 17.1. The van der Waals surface area contributed by atoms with Gasteiger partial charge in [-0.15, -0.1) is 0 Å². The second-order valence-electron chi connectivity index (χ2n) is 6.35. The molecule has 0 heterocycles. The van der Waals surface area contributed by atoms with Crippen molar-refractivity contribution in [2.75, 3.05) is 19.5 Å². The van der Waals surface area contributed by atoms with Crippen LogP contribution < -0.4 is 14.8 Å². The van der Waals surface area contributed by atoms with Gasteiger partial charge in [0.15, 0.2) is 0 Å². The van der Waals surface area contributed by atoms with Crippen LogP contribution in [0.25, 0.3) is 0 Å². The molecule has 1 aliphatic rings. The van der Waals surface area contributed by atoms with E-state index in [9.17, 15) is 4.79 Å². The summed E-state index contributed by atoms with van der Waals surface area (Å²) in [7, 11) is 3.24. The second-order valence-corrected chi connectivity index (χ2v) is 6.35. The SMILES string of the molecule is COc1cc(NC2=CC(c3ccc(C)cc3)CC(=O)C2)cc(OC)c1. The summed E-state index contributed by atoms with van der Waals surface area (Å²) >= 11 is 0. The summed E-state index contributed by atoms with van der Waals surface area (Å²) in [6, 6.07) is 14.0. The highest BCUT2D eigenvalue weighted by Gasteiger charge is 2.21. The average Bonchev–Trinajstić information content (AvgIpc) is 2.61. The topological polar surface area (TPSA) is 47.6 Å². The Kier molecular flexibility index (Phi) is 5.08. The van der Waals surface area contributed by atoms with Gasteiger partial charge in [-0.2, -0.15) is 0 Å². The van der Waals surface area contributed by atoms with E-state index in [1.54, 1.807) is 14.2 Å². The Hall–Kier alpha value is -2.75. The van der Waals surface area contributed by atoms with Crippen LogP contribution in [0.15, 0.2) is 54.2 Å². The van der Waals surface area contributed by atoms with Crippen molar-refractivity contribution in [1.29, 1.82) is 0 Å². The summed E-state index contributed by atoms with van der Waals surface area (Å²) in [6.07, 6.45) is 3.12. The van der Waals surface area contributed by atoms with Crippen LogP contribution in [-0.2, 0) is 4.79 Å². The first-order valence-electron chi connectivity index (χ1n) is 8.36. The maximum absolute atomic E-state index is 12.2. The van der Waals surface area contributed by atoms with Gasteiger partial charge < -0.3 is 14.8 Å². The zero-order chi connectivity index (χ0) is 17.8. The van der Waals surface area contributed by atoms with Crippen molar-refractivity contribution in [3.63, 3.8) is 0 Å². The summed E-state index contributed by atoms with van der Waals surface area (Å²) in [6.45, 7) is 2.06. The summed E-state index contributed by atoms with van der Waals surface area (Å²) < 4.78 is 10.6. The van der Waals surface area contributed by atoms with E-state index in [1.165, 1.54) is 11.1 Å². The van der Waals surface area contributed by atoms with Gasteiger partial charge in [0.1, 0.15) is 17.3 Å². The fourth-order valence-electron chi connectivity index (χ4n) is 3.07. The zero-order valence-electron chi connectivity index (χ0n) is 14.8. The van der Waals surface area contributed by atoms with Crippen molar-refractivity contribution in [3.05, 3.63) is 65.4 Å². The van der Waals surface area contributed by atoms with Crippen LogP contribution in [0.5, 0.6) is 11.5 Å². The molecule has 0 fully saturated rings. The molecule has 0 radical (unpaired) electrons. The van der Waals surface area contributed by atoms with Crippen molar-refractivity contribution in [1.82, 2.24) is 0 Å². The molecule has 0 amide bonds. The molecule has 0 saturated carbocycles. The number of ketones is 1. The Morgan fingerprint density at radius 1 is 1.00 bits per heavy atom. The third-order valence-corrected chi connectivity index (χ3v) is 4.40. The lowest BCUT2D eigenvalue weighted by Crippen LogP contribution is -2.16. The van der Waals surface area contributed by atoms with Crippen molar-refractivity contribution in [2.45, 2.75) is 25.7 Å². The number of Topliss-reactive ketones (excluding diaryl/α,β-unsaturated/α-hetero) is 1. The van der Waals surface area contributed by atoms with Gasteiger partial charge in [-0.3, -0.25) is 4.79 Å². The number of aryl methyl sites for hydroxylation is 1. The minimum absolute atomic E-state index is 0.108. The molecule has 4 nitrogen and oxygen atoms in total. The summed E-state index contributed by atoms with van der Waals surface area (Å²) in [5, 5.41) is 3.35. The molecule has 0 aliphatic heterocycles. The Bertz CT molecular complexity index is 771. The molecule has 130 valence electrons. The maximum Gasteiger partial charge on any atom is 0.139 e. The number of anilines is 1. The Balaban J connectivity index is 1.85. The number of hydrogen-bond acceptors (Lipinski definition) is 4. The largest absolute Gasteiger partial charge is 0.497 e. The molecule has 0 aromatic heterocycles. The number of carbonyl (C=O) groups excluding carboxylic acids is 1. The first-order chi connectivity index (χ1) is 12.1. The molecule has 2 aromatic carbocycles. The molecule has 1 aliphatic carbocycles. The quantitative estimate of drug-likeness (QED) is 0.875. The lowest BCUT2D eigenvalue weighted by Gasteiger charge is -2.22. The number of allylic oxidation sites excluding steroid dienone is 2. The smallest absolute Gasteiger partial charge is 0.139 e. The van der Waals surface area contributed by atoms with Crippen molar-refractivity contribution in [3.8, 4) is 11.5 Å². The molecule has 0 saturated heterocycles. The Morgan fingerprint density at radius 2 is 1.64 bits per heavy atom. The molecule has 1 atom stereocenters. The third-order valence-electron chi connectivity index (χ3n) is 4.40. The predicted molar refractivity (Wildman–Crippen MR) is 99.4 cm³/mol. The highest BCUT2D eigenvalue weighted by molar-refractivity contribution is 5.84. The summed E-state index contributed by atoms with van der Waals surface area (Å²) in [5.41, 5.74) is 4.15. The average molecular weight is 337 g/mol. The normalized spacial score (nSPS) is 17.0. The van der Waals surface area contributed by atoms with E-state index in [1.807, 2.05) is 18.2 Å². The van der Waals surface area contributed by atoms with Crippen LogP contribution >= 0.6 is 0 Å². The van der Waals surface area contributed by atoms with Gasteiger partial charge in [0.2, 0.25) is 0 Å². The predicted octanol–water partition coefficient (Wildman–Crippen LogP) is 4.45. The Morgan fingerprint density at radius 3 is 2.24 bits per heavy atom. The van der Waals surface area contributed by atoms with Crippen molar-refractivity contribution in [2.24, 2.45) is 0 Å². The highest BCUT2D eigenvalue weighted by Crippen LogP contribution is 2.32. The van der Waals surface area contributed by atoms with Gasteiger partial charge in [-0.25, -0.2) is 0 Å². The summed E-state index contributed by atoms with van der Waals surface area (Å²) in [4.78, 5) is 12.2. The lowest BCUT2D eigenvalue weighted by molar-refractivity contribution is -0.118. The Labute approximate surface area is 148 Å². The second kappa shape index (κ2) is 7.43. The first-order valence-corrected chi connectivity index (χ1v) is 8.36. The third kappa shape index (κ3) is 4.21. The number of nitrogens with one attached hydrogen (secondary N) is 1. The van der Waals surface area contributed by atoms with E-state index in [2.05, 4.69) is 42.6 Å². The fourth-order valence-corrected chi connectivity index (χ4v) is 3.07. The zero-order valence-corrected chi connectivity index (χ0v) is 14.8. The van der Waals surface area contributed by atoms with Gasteiger partial charge in [0.25, 0.3) is 0 Å². The van der Waals surface area contributed by atoms with E-state index in [0.29, 0.717) is 24.3 Å². The van der Waals surface area contributed by atoms with E-state index >= 15 is 0 Å². The number of ether oxygens (including phenoxy) is 2. The van der Waals surface area contributed by atoms with E-state index in [0.717, 1.165) is 11.4 Å². The van der Waals surface area contributed by atoms with Crippen LogP contribution in [0.1, 0.15) is 29.9 Å². The van der Waals surface area contributed by atoms with Gasteiger partial charge in [-0.05, 0) is 12.5 Å². The molecule has 1 N–H and O–H groups in total. The molecule has 1 unspecified atom stereocenters. The number of hydrogen-bond donors (Lipinski definition) is 1. The number of carbonyl (C=O) groups is 1. The van der Waals surface area contributed by atoms with Crippen LogP contribution in [0, 0.1) is 6.92 Å². The minimum atomic E-state index is 0.108. The monoisotopic (exact) mass is 337 g/mol. The van der Waals surface area contributed by atoms with Crippen LogP contribution in [-0.4, -0.2) is 20.0 Å². The minimum Gasteiger partial charge on any atom is -0.497 e. The van der Waals surface area contributed by atoms with Crippen LogP contribution in [0.4, 0.5) is 5.69 Å². The molecule has 0 spiro atoms. The molecule has 2 aromatic rings. The number of rotatable bonds is 5. The molecule has 4 heteroatoms. The van der Waals surface area contributed by atoms with Crippen LogP contribution in [0.2, 0.25) is 0 Å². The van der Waals surface area contributed by atoms with Gasteiger partial charge in [0.05, 0.1) is 14.2 Å². The van der Waals surface area contributed by atoms with Gasteiger partial charge >= 0.3 is 0 Å². The van der Waals surface area contributed by atoms with E-state index in [4.69, 9.17) is 9.47 Å². The molecular formula is C21H23NO3. The lowest BCUT2D eigenvalue weighted by atomic mass is 9.86.